The van der Waals surface area contributed by atoms with E-state index in [1.165, 1.54) is 12.8 Å². The summed E-state index contributed by atoms with van der Waals surface area (Å²) in [5, 5.41) is 0. The van der Waals surface area contributed by atoms with Gasteiger partial charge in [-0.05, 0) is 12.8 Å². The summed E-state index contributed by atoms with van der Waals surface area (Å²) in [7, 11) is 0. The molecular formula is C11H14N2O2. The Morgan fingerprint density at radius 2 is 1.73 bits per heavy atom. The van der Waals surface area contributed by atoms with Gasteiger partial charge in [0.15, 0.2) is 11.5 Å². The smallest absolute Gasteiger partial charge is 0.231 e. The lowest BCUT2D eigenvalue weighted by Gasteiger charge is -2.19. The van der Waals surface area contributed by atoms with Crippen molar-refractivity contribution in [3.8, 4) is 11.5 Å². The zero-order valence-corrected chi connectivity index (χ0v) is 8.53. The fourth-order valence-electron chi connectivity index (χ4n) is 2.18. The van der Waals surface area contributed by atoms with Gasteiger partial charge >= 0.3 is 0 Å². The van der Waals surface area contributed by atoms with Gasteiger partial charge in [0.1, 0.15) is 0 Å². The monoisotopic (exact) mass is 206 g/mol. The van der Waals surface area contributed by atoms with E-state index < -0.39 is 0 Å². The number of nitrogen functional groups attached to an aromatic ring is 1. The minimum atomic E-state index is 0.304. The van der Waals surface area contributed by atoms with Gasteiger partial charge in [-0.25, -0.2) is 0 Å². The Kier molecular flexibility index (Phi) is 1.87. The van der Waals surface area contributed by atoms with Crippen molar-refractivity contribution in [2.24, 2.45) is 0 Å². The summed E-state index contributed by atoms with van der Waals surface area (Å²) in [4.78, 5) is 2.30. The van der Waals surface area contributed by atoms with E-state index in [9.17, 15) is 0 Å². The van der Waals surface area contributed by atoms with Gasteiger partial charge in [0, 0.05) is 25.2 Å². The average Bonchev–Trinajstić information content (AvgIpc) is 2.85. The van der Waals surface area contributed by atoms with Crippen LogP contribution in [0.3, 0.4) is 0 Å². The van der Waals surface area contributed by atoms with E-state index >= 15 is 0 Å². The lowest BCUT2D eigenvalue weighted by atomic mass is 10.2. The molecule has 0 aliphatic carbocycles. The first-order valence-electron chi connectivity index (χ1n) is 5.29. The minimum absolute atomic E-state index is 0.304. The highest BCUT2D eigenvalue weighted by molar-refractivity contribution is 5.73. The Morgan fingerprint density at radius 1 is 1.07 bits per heavy atom. The molecule has 0 aromatic heterocycles. The van der Waals surface area contributed by atoms with Crippen molar-refractivity contribution in [1.29, 1.82) is 0 Å². The van der Waals surface area contributed by atoms with Crippen molar-refractivity contribution in [2.45, 2.75) is 12.8 Å². The molecule has 4 nitrogen and oxygen atoms in total. The highest BCUT2D eigenvalue weighted by Crippen LogP contribution is 2.40. The molecule has 0 bridgehead atoms. The highest BCUT2D eigenvalue weighted by atomic mass is 16.7. The second-order valence-electron chi connectivity index (χ2n) is 3.96. The van der Waals surface area contributed by atoms with Gasteiger partial charge in [0.2, 0.25) is 6.79 Å². The van der Waals surface area contributed by atoms with Crippen LogP contribution in [-0.4, -0.2) is 19.9 Å². The molecule has 2 N–H and O–H groups in total. The summed E-state index contributed by atoms with van der Waals surface area (Å²) in [5.41, 5.74) is 7.86. The van der Waals surface area contributed by atoms with Crippen LogP contribution in [0.2, 0.25) is 0 Å². The molecule has 1 saturated heterocycles. The summed E-state index contributed by atoms with van der Waals surface area (Å²) in [6.07, 6.45) is 2.49. The van der Waals surface area contributed by atoms with Crippen LogP contribution in [-0.2, 0) is 0 Å². The molecule has 2 heterocycles. The Balaban J connectivity index is 2.00. The second kappa shape index (κ2) is 3.22. The quantitative estimate of drug-likeness (QED) is 0.709. The van der Waals surface area contributed by atoms with Gasteiger partial charge in [0.25, 0.3) is 0 Å². The van der Waals surface area contributed by atoms with Crippen molar-refractivity contribution in [3.05, 3.63) is 12.1 Å². The maximum absolute atomic E-state index is 6.00. The first-order chi connectivity index (χ1) is 7.34. The molecule has 15 heavy (non-hydrogen) atoms. The molecule has 0 radical (unpaired) electrons. The molecule has 0 unspecified atom stereocenters. The van der Waals surface area contributed by atoms with Crippen LogP contribution in [0.1, 0.15) is 12.8 Å². The topological polar surface area (TPSA) is 47.7 Å². The van der Waals surface area contributed by atoms with Crippen molar-refractivity contribution in [1.82, 2.24) is 0 Å². The average molecular weight is 206 g/mol. The van der Waals surface area contributed by atoms with Gasteiger partial charge in [-0.15, -0.1) is 0 Å². The number of nitrogens with two attached hydrogens (primary N) is 1. The normalized spacial score (nSPS) is 18.5. The molecule has 0 amide bonds. The van der Waals surface area contributed by atoms with E-state index in [2.05, 4.69) is 4.90 Å². The summed E-state index contributed by atoms with van der Waals surface area (Å²) in [6, 6.07) is 3.85. The molecule has 4 heteroatoms. The van der Waals surface area contributed by atoms with Gasteiger partial charge in [-0.1, -0.05) is 0 Å². The van der Waals surface area contributed by atoms with Crippen molar-refractivity contribution < 1.29 is 9.47 Å². The van der Waals surface area contributed by atoms with Gasteiger partial charge in [0.05, 0.1) is 11.4 Å². The van der Waals surface area contributed by atoms with Crippen LogP contribution >= 0.6 is 0 Å². The molecule has 1 aromatic carbocycles. The Labute approximate surface area is 88.6 Å². The lowest BCUT2D eigenvalue weighted by molar-refractivity contribution is 0.174. The predicted octanol–water partition coefficient (Wildman–Crippen LogP) is 1.60. The molecule has 2 aliphatic heterocycles. The zero-order valence-electron chi connectivity index (χ0n) is 8.53. The van der Waals surface area contributed by atoms with E-state index in [0.717, 1.165) is 36.0 Å². The molecular weight excluding hydrogens is 192 g/mol. The number of rotatable bonds is 1. The first kappa shape index (κ1) is 8.71. The fourth-order valence-corrected chi connectivity index (χ4v) is 2.18. The predicted molar refractivity (Wildman–Crippen MR) is 58.4 cm³/mol. The number of hydrogen-bond donors (Lipinski definition) is 1. The van der Waals surface area contributed by atoms with Crippen LogP contribution in [0.25, 0.3) is 0 Å². The van der Waals surface area contributed by atoms with Crippen LogP contribution < -0.4 is 20.1 Å². The SMILES string of the molecule is Nc1cc2c(cc1N1CCCC1)OCO2. The standard InChI is InChI=1S/C11H14N2O2/c12-8-5-10-11(15-7-14-10)6-9(8)13-3-1-2-4-13/h5-6H,1-4,7,12H2. The third kappa shape index (κ3) is 1.37. The fraction of sp³-hybridized carbons (Fsp3) is 0.455. The summed E-state index contributed by atoms with van der Waals surface area (Å²) in [5.74, 6) is 1.57. The summed E-state index contributed by atoms with van der Waals surface area (Å²) in [6.45, 7) is 2.48. The van der Waals surface area contributed by atoms with Crippen molar-refractivity contribution >= 4 is 11.4 Å². The maximum atomic E-state index is 6.00. The minimum Gasteiger partial charge on any atom is -0.454 e. The molecule has 3 rings (SSSR count). The van der Waals surface area contributed by atoms with E-state index in [0.29, 0.717) is 6.79 Å². The van der Waals surface area contributed by atoms with E-state index in [1.807, 2.05) is 12.1 Å². The number of fused-ring (bicyclic) bond motifs is 1. The van der Waals surface area contributed by atoms with Gasteiger partial charge in [-0.3, -0.25) is 0 Å². The highest BCUT2D eigenvalue weighted by Gasteiger charge is 2.20. The number of anilines is 2. The van der Waals surface area contributed by atoms with E-state index in [4.69, 9.17) is 15.2 Å². The Morgan fingerprint density at radius 3 is 2.47 bits per heavy atom. The molecule has 0 saturated carbocycles. The Bertz CT molecular complexity index is 386. The zero-order chi connectivity index (χ0) is 10.3. The van der Waals surface area contributed by atoms with Gasteiger partial charge < -0.3 is 20.1 Å². The molecule has 1 aromatic rings. The van der Waals surface area contributed by atoms with E-state index in [1.54, 1.807) is 0 Å². The number of nitrogens with zero attached hydrogens (tertiary/aromatic N) is 1. The second-order valence-corrected chi connectivity index (χ2v) is 3.96. The lowest BCUT2D eigenvalue weighted by Crippen LogP contribution is -2.18. The molecule has 0 spiro atoms. The first-order valence-corrected chi connectivity index (χ1v) is 5.29. The van der Waals surface area contributed by atoms with E-state index in [-0.39, 0.29) is 0 Å². The summed E-state index contributed by atoms with van der Waals surface area (Å²) >= 11 is 0. The maximum Gasteiger partial charge on any atom is 0.231 e. The van der Waals surface area contributed by atoms with Crippen LogP contribution in [0, 0.1) is 0 Å². The third-order valence-corrected chi connectivity index (χ3v) is 2.97. The van der Waals surface area contributed by atoms with Crippen LogP contribution in [0.15, 0.2) is 12.1 Å². The number of ether oxygens (including phenoxy) is 2. The van der Waals surface area contributed by atoms with Crippen molar-refractivity contribution in [3.63, 3.8) is 0 Å². The third-order valence-electron chi connectivity index (χ3n) is 2.97. The largest absolute Gasteiger partial charge is 0.454 e. The molecule has 80 valence electrons. The van der Waals surface area contributed by atoms with Crippen molar-refractivity contribution in [2.75, 3.05) is 30.5 Å². The van der Waals surface area contributed by atoms with Crippen LogP contribution in [0.5, 0.6) is 11.5 Å². The van der Waals surface area contributed by atoms with Gasteiger partial charge in [-0.2, -0.15) is 0 Å². The summed E-state index contributed by atoms with van der Waals surface area (Å²) < 4.78 is 10.6. The van der Waals surface area contributed by atoms with Crippen LogP contribution in [0.4, 0.5) is 11.4 Å². The number of benzene rings is 1. The molecule has 2 aliphatic rings. The Hall–Kier alpha value is -1.58. The number of hydrogen-bond acceptors (Lipinski definition) is 4. The molecule has 1 fully saturated rings. The molecule has 0 atom stereocenters.